The van der Waals surface area contributed by atoms with E-state index in [9.17, 15) is 9.59 Å². The summed E-state index contributed by atoms with van der Waals surface area (Å²) in [7, 11) is 1.67. The molecule has 0 bridgehead atoms. The fourth-order valence-corrected chi connectivity index (χ4v) is 3.30. The lowest BCUT2D eigenvalue weighted by Gasteiger charge is -2.24. The quantitative estimate of drug-likeness (QED) is 0.914. The zero-order valence-electron chi connectivity index (χ0n) is 15.4. The summed E-state index contributed by atoms with van der Waals surface area (Å²) in [4.78, 5) is 25.9. The van der Waals surface area contributed by atoms with Crippen molar-refractivity contribution in [3.63, 3.8) is 0 Å². The van der Waals surface area contributed by atoms with E-state index in [0.29, 0.717) is 11.5 Å². The van der Waals surface area contributed by atoms with Gasteiger partial charge in [-0.05, 0) is 57.2 Å². The van der Waals surface area contributed by atoms with Crippen LogP contribution in [0, 0.1) is 0 Å². The monoisotopic (exact) mass is 330 g/mol. The molecule has 0 spiro atoms. The maximum absolute atomic E-state index is 12.5. The van der Waals surface area contributed by atoms with Crippen LogP contribution in [0.3, 0.4) is 0 Å². The number of benzene rings is 1. The predicted octanol–water partition coefficient (Wildman–Crippen LogP) is 3.72. The molecule has 0 aliphatic heterocycles. The molecule has 0 atom stereocenters. The van der Waals surface area contributed by atoms with Crippen molar-refractivity contribution in [2.24, 2.45) is 0 Å². The fourth-order valence-electron chi connectivity index (χ4n) is 3.30. The third-order valence-corrected chi connectivity index (χ3v) is 4.48. The Balaban J connectivity index is 1.95. The highest BCUT2D eigenvalue weighted by Gasteiger charge is 2.20. The average molecular weight is 330 g/mol. The first-order valence-corrected chi connectivity index (χ1v) is 8.93. The Kier molecular flexibility index (Phi) is 6.03. The average Bonchev–Trinajstić information content (AvgIpc) is 2.53. The minimum absolute atomic E-state index is 0.0699. The molecule has 1 N–H and O–H groups in total. The summed E-state index contributed by atoms with van der Waals surface area (Å²) in [5.41, 5.74) is 1.68. The zero-order chi connectivity index (χ0) is 17.7. The first-order chi connectivity index (χ1) is 11.3. The summed E-state index contributed by atoms with van der Waals surface area (Å²) in [6, 6.07) is 7.94. The highest BCUT2D eigenvalue weighted by molar-refractivity contribution is 5.96. The van der Waals surface area contributed by atoms with E-state index in [4.69, 9.17) is 0 Å². The lowest BCUT2D eigenvalue weighted by Crippen LogP contribution is -2.46. The van der Waals surface area contributed by atoms with E-state index in [1.54, 1.807) is 7.05 Å². The van der Waals surface area contributed by atoms with Crippen LogP contribution in [0.15, 0.2) is 24.3 Å². The van der Waals surface area contributed by atoms with Crippen LogP contribution in [0.5, 0.6) is 0 Å². The Bertz CT molecular complexity index is 566. The van der Waals surface area contributed by atoms with Crippen LogP contribution in [0.2, 0.25) is 0 Å². The van der Waals surface area contributed by atoms with E-state index < -0.39 is 0 Å². The van der Waals surface area contributed by atoms with E-state index in [1.165, 1.54) is 42.6 Å². The summed E-state index contributed by atoms with van der Waals surface area (Å²) in [6.07, 6.45) is 6.45. The third-order valence-electron chi connectivity index (χ3n) is 4.48. The van der Waals surface area contributed by atoms with Gasteiger partial charge in [0.05, 0.1) is 6.54 Å². The zero-order valence-corrected chi connectivity index (χ0v) is 15.4. The van der Waals surface area contributed by atoms with Crippen molar-refractivity contribution in [3.8, 4) is 0 Å². The van der Waals surface area contributed by atoms with E-state index in [0.717, 1.165) is 0 Å². The third kappa shape index (κ3) is 5.36. The molecule has 0 heterocycles. The normalized spacial score (nSPS) is 15.8. The minimum atomic E-state index is -0.289. The van der Waals surface area contributed by atoms with Crippen LogP contribution in [0.1, 0.15) is 74.7 Å². The van der Waals surface area contributed by atoms with Gasteiger partial charge in [-0.25, -0.2) is 0 Å². The molecule has 0 radical (unpaired) electrons. The van der Waals surface area contributed by atoms with Gasteiger partial charge in [-0.15, -0.1) is 0 Å². The molecule has 0 saturated heterocycles. The minimum Gasteiger partial charge on any atom is -0.350 e. The van der Waals surface area contributed by atoms with Gasteiger partial charge in [-0.3, -0.25) is 9.59 Å². The van der Waals surface area contributed by atoms with Crippen LogP contribution >= 0.6 is 0 Å². The highest BCUT2D eigenvalue weighted by Crippen LogP contribution is 2.32. The number of amides is 2. The van der Waals surface area contributed by atoms with Crippen molar-refractivity contribution < 1.29 is 9.59 Å². The number of carbonyl (C=O) groups is 2. The Labute approximate surface area is 145 Å². The largest absolute Gasteiger partial charge is 0.350 e. The van der Waals surface area contributed by atoms with Crippen molar-refractivity contribution in [2.45, 2.75) is 64.3 Å². The lowest BCUT2D eigenvalue weighted by molar-refractivity contribution is -0.122. The molecule has 1 aliphatic rings. The summed E-state index contributed by atoms with van der Waals surface area (Å²) < 4.78 is 0. The molecule has 24 heavy (non-hydrogen) atoms. The summed E-state index contributed by atoms with van der Waals surface area (Å²) >= 11 is 0. The van der Waals surface area contributed by atoms with Gasteiger partial charge in [-0.2, -0.15) is 0 Å². The molecule has 1 aromatic carbocycles. The van der Waals surface area contributed by atoms with E-state index in [1.807, 2.05) is 32.9 Å². The number of carbonyl (C=O) groups excluding carboxylic acids is 2. The Morgan fingerprint density at radius 2 is 1.67 bits per heavy atom. The molecule has 1 saturated carbocycles. The number of nitrogens with one attached hydrogen (secondary N) is 1. The van der Waals surface area contributed by atoms with Gasteiger partial charge in [0.15, 0.2) is 0 Å². The first-order valence-electron chi connectivity index (χ1n) is 8.93. The Hall–Kier alpha value is -1.84. The van der Waals surface area contributed by atoms with Crippen LogP contribution < -0.4 is 5.32 Å². The molecular formula is C20H30N2O2. The summed E-state index contributed by atoms with van der Waals surface area (Å²) in [5.74, 6) is 0.379. The van der Waals surface area contributed by atoms with Gasteiger partial charge in [0.2, 0.25) is 5.91 Å². The molecule has 1 aromatic rings. The van der Waals surface area contributed by atoms with Crippen molar-refractivity contribution >= 4 is 11.8 Å². The van der Waals surface area contributed by atoms with Crippen molar-refractivity contribution in [3.05, 3.63) is 35.4 Å². The molecule has 1 aliphatic carbocycles. The van der Waals surface area contributed by atoms with Crippen LogP contribution in [0.4, 0.5) is 0 Å². The van der Waals surface area contributed by atoms with Gasteiger partial charge in [0, 0.05) is 18.2 Å². The highest BCUT2D eigenvalue weighted by atomic mass is 16.2. The molecule has 0 unspecified atom stereocenters. The number of hydrogen-bond donors (Lipinski definition) is 1. The van der Waals surface area contributed by atoms with Crippen molar-refractivity contribution in [1.29, 1.82) is 0 Å². The van der Waals surface area contributed by atoms with Crippen LogP contribution in [-0.4, -0.2) is 35.8 Å². The van der Waals surface area contributed by atoms with E-state index in [-0.39, 0.29) is 23.9 Å². The molecule has 0 aromatic heterocycles. The second kappa shape index (κ2) is 7.82. The smallest absolute Gasteiger partial charge is 0.254 e. The first kappa shape index (κ1) is 18.5. The van der Waals surface area contributed by atoms with Gasteiger partial charge < -0.3 is 10.2 Å². The van der Waals surface area contributed by atoms with Gasteiger partial charge >= 0.3 is 0 Å². The molecular weight excluding hydrogens is 300 g/mol. The Morgan fingerprint density at radius 3 is 2.21 bits per heavy atom. The standard InChI is InChI=1S/C20H30N2O2/c1-20(2,3)21-18(23)14-22(4)19(24)17-12-10-16(11-13-17)15-8-6-5-7-9-15/h10-13,15H,5-9,14H2,1-4H3,(H,21,23). The second-order valence-electron chi connectivity index (χ2n) is 7.92. The number of rotatable bonds is 4. The molecule has 1 fully saturated rings. The molecule has 4 heteroatoms. The molecule has 2 rings (SSSR count). The SMILES string of the molecule is CN(CC(=O)NC(C)(C)C)C(=O)c1ccc(C2CCCCC2)cc1. The topological polar surface area (TPSA) is 49.4 Å². The number of hydrogen-bond acceptors (Lipinski definition) is 2. The van der Waals surface area contributed by atoms with Gasteiger partial charge in [-0.1, -0.05) is 31.4 Å². The van der Waals surface area contributed by atoms with Crippen molar-refractivity contribution in [2.75, 3.05) is 13.6 Å². The number of nitrogens with zero attached hydrogens (tertiary/aromatic N) is 1. The van der Waals surface area contributed by atoms with Crippen LogP contribution in [0.25, 0.3) is 0 Å². The maximum atomic E-state index is 12.5. The maximum Gasteiger partial charge on any atom is 0.254 e. The van der Waals surface area contributed by atoms with E-state index >= 15 is 0 Å². The predicted molar refractivity (Wildman–Crippen MR) is 97.1 cm³/mol. The van der Waals surface area contributed by atoms with Gasteiger partial charge in [0.1, 0.15) is 0 Å². The number of likely N-dealkylation sites (N-methyl/N-ethyl adjacent to an activating group) is 1. The summed E-state index contributed by atoms with van der Waals surface area (Å²) in [5, 5.41) is 2.88. The summed E-state index contributed by atoms with van der Waals surface area (Å²) in [6.45, 7) is 5.85. The Morgan fingerprint density at radius 1 is 1.08 bits per heavy atom. The molecule has 132 valence electrons. The molecule has 4 nitrogen and oxygen atoms in total. The van der Waals surface area contributed by atoms with Crippen LogP contribution in [-0.2, 0) is 4.79 Å². The fraction of sp³-hybridized carbons (Fsp3) is 0.600. The second-order valence-corrected chi connectivity index (χ2v) is 7.92. The molecule has 2 amide bonds. The van der Waals surface area contributed by atoms with E-state index in [2.05, 4.69) is 17.4 Å². The van der Waals surface area contributed by atoms with Gasteiger partial charge in [0.25, 0.3) is 5.91 Å². The lowest BCUT2D eigenvalue weighted by atomic mass is 9.84. The van der Waals surface area contributed by atoms with Crippen molar-refractivity contribution in [1.82, 2.24) is 10.2 Å².